The molecule has 3 atom stereocenters. The van der Waals surface area contributed by atoms with Crippen molar-refractivity contribution in [3.8, 4) is 0 Å². The predicted molar refractivity (Wildman–Crippen MR) is 98.3 cm³/mol. The van der Waals surface area contributed by atoms with E-state index >= 15 is 0 Å². The third-order valence-corrected chi connectivity index (χ3v) is 6.31. The number of H-pyrrole nitrogens is 1. The van der Waals surface area contributed by atoms with Gasteiger partial charge in [-0.15, -0.1) is 0 Å². The van der Waals surface area contributed by atoms with Crippen LogP contribution in [0.1, 0.15) is 24.6 Å². The molecule has 0 radical (unpaired) electrons. The number of hydrogen-bond donors (Lipinski definition) is 1. The molecule has 0 spiro atoms. The Morgan fingerprint density at radius 1 is 1.35 bits per heavy atom. The van der Waals surface area contributed by atoms with E-state index in [-0.39, 0.29) is 18.0 Å². The molecule has 1 aromatic heterocycles. The second-order valence-electron chi connectivity index (χ2n) is 7.55. The van der Waals surface area contributed by atoms with Gasteiger partial charge in [0, 0.05) is 29.7 Å². The van der Waals surface area contributed by atoms with Crippen molar-refractivity contribution in [2.24, 2.45) is 11.8 Å². The highest BCUT2D eigenvalue weighted by Gasteiger charge is 2.47. The van der Waals surface area contributed by atoms with Crippen molar-refractivity contribution in [1.82, 2.24) is 4.98 Å². The molecule has 0 unspecified atom stereocenters. The molecule has 2 aromatic rings. The van der Waals surface area contributed by atoms with Crippen LogP contribution in [0.5, 0.6) is 0 Å². The molecule has 0 aliphatic carbocycles. The largest absolute Gasteiger partial charge is 0.497 e. The van der Waals surface area contributed by atoms with Crippen molar-refractivity contribution >= 4 is 22.6 Å². The lowest BCUT2D eigenvalue weighted by Gasteiger charge is -2.38. The first kappa shape index (κ1) is 15.7. The highest BCUT2D eigenvalue weighted by molar-refractivity contribution is 6.04. The number of ether oxygens (including phenoxy) is 2. The number of nitrogens with zero attached hydrogens (tertiary/aromatic N) is 1. The summed E-state index contributed by atoms with van der Waals surface area (Å²) in [6.45, 7) is 4.05. The van der Waals surface area contributed by atoms with Crippen LogP contribution < -0.4 is 0 Å². The Labute approximate surface area is 152 Å². The Hall–Kier alpha value is -2.56. The molecule has 0 saturated heterocycles. The highest BCUT2D eigenvalue weighted by Crippen LogP contribution is 2.39. The number of nitrogens with one attached hydrogen (secondary N) is 1. The molecular formula is C21H23N2O3+. The summed E-state index contributed by atoms with van der Waals surface area (Å²) in [6, 6.07) is 8.51. The third-order valence-electron chi connectivity index (χ3n) is 6.31. The number of methoxy groups -OCH3 is 1. The summed E-state index contributed by atoms with van der Waals surface area (Å²) in [6.07, 6.45) is 3.64. The van der Waals surface area contributed by atoms with Crippen molar-refractivity contribution in [2.45, 2.75) is 25.9 Å². The van der Waals surface area contributed by atoms with Gasteiger partial charge >= 0.3 is 5.97 Å². The van der Waals surface area contributed by atoms with Gasteiger partial charge in [-0.3, -0.25) is 0 Å². The summed E-state index contributed by atoms with van der Waals surface area (Å²) in [5.74, 6) is 0.187. The van der Waals surface area contributed by atoms with Gasteiger partial charge in [-0.05, 0) is 18.6 Å². The van der Waals surface area contributed by atoms with E-state index in [4.69, 9.17) is 9.47 Å². The number of benzene rings is 1. The lowest BCUT2D eigenvalue weighted by molar-refractivity contribution is -0.545. The van der Waals surface area contributed by atoms with E-state index in [2.05, 4.69) is 40.7 Å². The van der Waals surface area contributed by atoms with Gasteiger partial charge in [0.15, 0.2) is 0 Å². The van der Waals surface area contributed by atoms with Gasteiger partial charge in [-0.1, -0.05) is 18.2 Å². The van der Waals surface area contributed by atoms with Crippen molar-refractivity contribution in [2.75, 3.05) is 20.2 Å². The van der Waals surface area contributed by atoms with Crippen LogP contribution in [0.25, 0.3) is 10.9 Å². The first-order chi connectivity index (χ1) is 12.7. The Balaban J connectivity index is 1.60. The van der Waals surface area contributed by atoms with Crippen LogP contribution in [0.4, 0.5) is 0 Å². The van der Waals surface area contributed by atoms with Crippen LogP contribution in [-0.4, -0.2) is 47.5 Å². The van der Waals surface area contributed by atoms with Crippen molar-refractivity contribution in [1.29, 1.82) is 0 Å². The number of carbonyl (C=O) groups is 1. The molecule has 3 aliphatic rings. The highest BCUT2D eigenvalue weighted by atomic mass is 16.5. The number of aromatic nitrogens is 1. The minimum atomic E-state index is -0.270. The number of fused-ring (bicyclic) bond motifs is 5. The van der Waals surface area contributed by atoms with E-state index < -0.39 is 0 Å². The van der Waals surface area contributed by atoms with Gasteiger partial charge in [0.2, 0.25) is 5.71 Å². The molecule has 0 bridgehead atoms. The molecule has 5 nitrogen and oxygen atoms in total. The molecule has 134 valence electrons. The third kappa shape index (κ3) is 2.16. The summed E-state index contributed by atoms with van der Waals surface area (Å²) in [7, 11) is 1.44. The Morgan fingerprint density at radius 3 is 3.04 bits per heavy atom. The molecule has 4 heterocycles. The van der Waals surface area contributed by atoms with Crippen molar-refractivity contribution in [3.63, 3.8) is 0 Å². The summed E-state index contributed by atoms with van der Waals surface area (Å²) >= 11 is 0. The molecule has 0 amide bonds. The maximum absolute atomic E-state index is 12.3. The van der Waals surface area contributed by atoms with Crippen LogP contribution in [0, 0.1) is 11.8 Å². The van der Waals surface area contributed by atoms with Gasteiger partial charge in [0.05, 0.1) is 24.9 Å². The van der Waals surface area contributed by atoms with Crippen LogP contribution in [0.3, 0.4) is 0 Å². The normalized spacial score (nSPS) is 27.2. The monoisotopic (exact) mass is 351 g/mol. The van der Waals surface area contributed by atoms with E-state index in [0.29, 0.717) is 11.5 Å². The zero-order chi connectivity index (χ0) is 17.8. The molecule has 5 heteroatoms. The maximum Gasteiger partial charge on any atom is 0.337 e. The maximum atomic E-state index is 12.3. The number of carbonyl (C=O) groups excluding carboxylic acids is 1. The lowest BCUT2D eigenvalue weighted by Crippen LogP contribution is -2.48. The molecule has 3 aliphatic heterocycles. The van der Waals surface area contributed by atoms with Gasteiger partial charge < -0.3 is 14.5 Å². The van der Waals surface area contributed by atoms with Gasteiger partial charge in [-0.25, -0.2) is 9.37 Å². The molecule has 1 aromatic carbocycles. The number of rotatable bonds is 1. The van der Waals surface area contributed by atoms with Crippen molar-refractivity contribution < 1.29 is 18.8 Å². The Bertz CT molecular complexity index is 969. The second kappa shape index (κ2) is 5.73. The van der Waals surface area contributed by atoms with Crippen LogP contribution in [0.15, 0.2) is 36.1 Å². The topological polar surface area (TPSA) is 54.3 Å². The molecule has 0 saturated carbocycles. The first-order valence-corrected chi connectivity index (χ1v) is 9.32. The Morgan fingerprint density at radius 2 is 2.19 bits per heavy atom. The zero-order valence-electron chi connectivity index (χ0n) is 15.1. The minimum absolute atomic E-state index is 0.110. The average molecular weight is 351 g/mol. The summed E-state index contributed by atoms with van der Waals surface area (Å²) < 4.78 is 13.3. The first-order valence-electron chi connectivity index (χ1n) is 9.32. The van der Waals surface area contributed by atoms with Gasteiger partial charge in [0.25, 0.3) is 0 Å². The smallest absolute Gasteiger partial charge is 0.337 e. The lowest BCUT2D eigenvalue weighted by atomic mass is 9.74. The van der Waals surface area contributed by atoms with Crippen molar-refractivity contribution in [3.05, 3.63) is 47.4 Å². The second-order valence-corrected chi connectivity index (χ2v) is 7.55. The Kier molecular flexibility index (Phi) is 3.45. The zero-order valence-corrected chi connectivity index (χ0v) is 15.1. The number of aromatic amines is 1. The fourth-order valence-electron chi connectivity index (χ4n) is 4.92. The predicted octanol–water partition coefficient (Wildman–Crippen LogP) is 2.64. The fourth-order valence-corrected chi connectivity index (χ4v) is 4.92. The SMILES string of the molecule is COC(=O)C1=CO[C@@H](C)[C@H]2C[N+]3=C(C[C@H]12)c1[nH]c2ccccc2c1CC3. The van der Waals surface area contributed by atoms with E-state index in [1.807, 2.05) is 0 Å². The molecule has 5 rings (SSSR count). The molecular weight excluding hydrogens is 328 g/mol. The summed E-state index contributed by atoms with van der Waals surface area (Å²) in [4.78, 5) is 15.9. The average Bonchev–Trinajstić information content (AvgIpc) is 3.06. The van der Waals surface area contributed by atoms with Crippen LogP contribution in [-0.2, 0) is 20.7 Å². The fraction of sp³-hybridized carbons (Fsp3) is 0.429. The number of para-hydroxylation sites is 1. The quantitative estimate of drug-likeness (QED) is 0.635. The van der Waals surface area contributed by atoms with E-state index in [0.717, 1.165) is 25.9 Å². The standard InChI is InChI=1S/C21H22N2O3/c1-12-16-10-23-8-7-14-13-5-3-4-6-18(13)22-20(14)19(23)9-15(16)17(11-26-12)21(24)25-2/h3-6,11-12,15-16H,7-10H2,1-2H3/p+1/t12-,15-,16+/m0/s1. The summed E-state index contributed by atoms with van der Waals surface area (Å²) in [5, 5.41) is 1.32. The van der Waals surface area contributed by atoms with Gasteiger partial charge in [-0.2, -0.15) is 0 Å². The van der Waals surface area contributed by atoms with E-state index in [9.17, 15) is 4.79 Å². The number of hydrogen-bond acceptors (Lipinski definition) is 3. The molecule has 0 fully saturated rings. The summed E-state index contributed by atoms with van der Waals surface area (Å²) in [5.41, 5.74) is 5.85. The number of esters is 1. The molecule has 1 N–H and O–H groups in total. The minimum Gasteiger partial charge on any atom is -0.497 e. The van der Waals surface area contributed by atoms with Gasteiger partial charge in [0.1, 0.15) is 24.9 Å². The van der Waals surface area contributed by atoms with E-state index in [1.165, 1.54) is 35.0 Å². The molecule has 26 heavy (non-hydrogen) atoms. The van der Waals surface area contributed by atoms with E-state index in [1.54, 1.807) is 6.26 Å². The van der Waals surface area contributed by atoms with Crippen LogP contribution >= 0.6 is 0 Å². The van der Waals surface area contributed by atoms with Crippen LogP contribution in [0.2, 0.25) is 0 Å².